The number of hydrogen-bond donors (Lipinski definition) is 0. The number of piperidine rings is 1. The highest BCUT2D eigenvalue weighted by molar-refractivity contribution is 7.90. The fourth-order valence-corrected chi connectivity index (χ4v) is 6.29. The first kappa shape index (κ1) is 29.8. The monoisotopic (exact) mass is 614 g/mol. The minimum Gasteiger partial charge on any atom is -0.410 e. The zero-order valence-electron chi connectivity index (χ0n) is 23.3. The van der Waals surface area contributed by atoms with Crippen LogP contribution in [-0.4, -0.2) is 80.7 Å². The molecule has 2 fully saturated rings. The molecule has 2 atom stereocenters. The Balaban J connectivity index is 1.26. The number of nitrogens with zero attached hydrogens (tertiary/aromatic N) is 4. The number of anilines is 1. The first-order chi connectivity index (χ1) is 20.0. The van der Waals surface area contributed by atoms with Crippen molar-refractivity contribution in [3.63, 3.8) is 0 Å². The average molecular weight is 615 g/mol. The summed E-state index contributed by atoms with van der Waals surface area (Å²) in [6.07, 6.45) is 3.17. The number of likely N-dealkylation sites (tertiary alicyclic amines) is 1. The van der Waals surface area contributed by atoms with E-state index in [2.05, 4.69) is 9.88 Å². The van der Waals surface area contributed by atoms with Crippen LogP contribution in [-0.2, 0) is 14.6 Å². The second-order valence-electron chi connectivity index (χ2n) is 10.8. The minimum absolute atomic E-state index is 0.0387. The number of ether oxygens (including phenoxy) is 1. The fourth-order valence-electron chi connectivity index (χ4n) is 5.60. The van der Waals surface area contributed by atoms with Crippen molar-refractivity contribution in [2.75, 3.05) is 44.4 Å². The molecule has 3 aromatic rings. The Hall–Kier alpha value is -3.70. The zero-order valence-corrected chi connectivity index (χ0v) is 24.9. The number of amides is 2. The van der Waals surface area contributed by atoms with Crippen LogP contribution in [0.15, 0.2) is 71.8 Å². The normalized spacial score (nSPS) is 19.5. The number of sulfone groups is 1. The van der Waals surface area contributed by atoms with E-state index in [9.17, 15) is 22.4 Å². The molecule has 0 bridgehead atoms. The lowest BCUT2D eigenvalue weighted by Crippen LogP contribution is -2.45. The van der Waals surface area contributed by atoms with Crippen LogP contribution in [0.5, 0.6) is 5.75 Å². The summed E-state index contributed by atoms with van der Waals surface area (Å²) in [6.45, 7) is 2.01. The third-order valence-corrected chi connectivity index (χ3v) is 9.37. The van der Waals surface area contributed by atoms with E-state index in [1.807, 2.05) is 17.0 Å². The van der Waals surface area contributed by atoms with Gasteiger partial charge in [-0.3, -0.25) is 4.79 Å². The van der Waals surface area contributed by atoms with Crippen molar-refractivity contribution in [3.8, 4) is 5.75 Å². The summed E-state index contributed by atoms with van der Waals surface area (Å²) in [5.41, 5.74) is 0.958. The van der Waals surface area contributed by atoms with E-state index in [-0.39, 0.29) is 34.4 Å². The van der Waals surface area contributed by atoms with Gasteiger partial charge in [0.15, 0.2) is 9.84 Å². The summed E-state index contributed by atoms with van der Waals surface area (Å²) < 4.78 is 42.3. The summed E-state index contributed by atoms with van der Waals surface area (Å²) in [5, 5.41) is 0.595. The van der Waals surface area contributed by atoms with Gasteiger partial charge in [0, 0.05) is 62.5 Å². The highest BCUT2D eigenvalue weighted by atomic mass is 35.5. The number of halogens is 2. The van der Waals surface area contributed by atoms with Gasteiger partial charge in [-0.1, -0.05) is 23.7 Å². The van der Waals surface area contributed by atoms with Crippen molar-refractivity contribution in [2.45, 2.75) is 29.7 Å². The molecule has 5 rings (SSSR count). The lowest BCUT2D eigenvalue weighted by molar-refractivity contribution is -0.135. The van der Waals surface area contributed by atoms with Gasteiger partial charge in [0.25, 0.3) is 0 Å². The predicted molar refractivity (Wildman–Crippen MR) is 157 cm³/mol. The number of benzene rings is 2. The summed E-state index contributed by atoms with van der Waals surface area (Å²) in [7, 11) is -1.68. The van der Waals surface area contributed by atoms with E-state index < -0.39 is 21.7 Å². The molecule has 1 aromatic heterocycles. The van der Waals surface area contributed by atoms with E-state index in [4.69, 9.17) is 16.3 Å². The molecule has 2 saturated heterocycles. The molecular weight excluding hydrogens is 583 g/mol. The first-order valence-electron chi connectivity index (χ1n) is 13.6. The van der Waals surface area contributed by atoms with Gasteiger partial charge >= 0.3 is 6.09 Å². The van der Waals surface area contributed by atoms with Gasteiger partial charge in [-0.25, -0.2) is 22.6 Å². The number of pyridine rings is 1. The van der Waals surface area contributed by atoms with Gasteiger partial charge in [0.2, 0.25) is 5.91 Å². The molecule has 42 heavy (non-hydrogen) atoms. The number of hydrogen-bond acceptors (Lipinski definition) is 7. The van der Waals surface area contributed by atoms with Crippen LogP contribution < -0.4 is 9.64 Å². The smallest absolute Gasteiger partial charge is 0.410 e. The SMILES string of the molecule is CN(C(=O)Oc1ccc(F)cc1)[C@@H]1CN(C(=O)C2CCN(c3ccc(S(C)(=O)=O)cn3)CC2)C[C@H]1c1ccc(Cl)cc1. The van der Waals surface area contributed by atoms with Crippen LogP contribution in [0.1, 0.15) is 24.3 Å². The van der Waals surface area contributed by atoms with Crippen LogP contribution in [0.3, 0.4) is 0 Å². The summed E-state index contributed by atoms with van der Waals surface area (Å²) >= 11 is 6.12. The quantitative estimate of drug-likeness (QED) is 0.399. The van der Waals surface area contributed by atoms with Crippen molar-refractivity contribution in [1.82, 2.24) is 14.8 Å². The summed E-state index contributed by atoms with van der Waals surface area (Å²) in [5.74, 6) is 0.181. The molecule has 0 N–H and O–H groups in total. The first-order valence-corrected chi connectivity index (χ1v) is 15.9. The van der Waals surface area contributed by atoms with Gasteiger partial charge in [-0.05, 0) is 66.9 Å². The largest absolute Gasteiger partial charge is 0.415 e. The molecule has 3 heterocycles. The van der Waals surface area contributed by atoms with Crippen molar-refractivity contribution in [2.24, 2.45) is 5.92 Å². The third kappa shape index (κ3) is 6.68. The third-order valence-electron chi connectivity index (χ3n) is 8.02. The topological polar surface area (TPSA) is 100 Å². The second kappa shape index (κ2) is 12.3. The van der Waals surface area contributed by atoms with Crippen molar-refractivity contribution in [1.29, 1.82) is 0 Å². The Labute approximate surface area is 249 Å². The molecule has 0 saturated carbocycles. The molecular formula is C30H32ClFN4O5S. The zero-order chi connectivity index (χ0) is 30.0. The van der Waals surface area contributed by atoms with Gasteiger partial charge in [-0.2, -0.15) is 0 Å². The van der Waals surface area contributed by atoms with Crippen LogP contribution in [0.25, 0.3) is 0 Å². The van der Waals surface area contributed by atoms with E-state index in [1.54, 1.807) is 31.3 Å². The second-order valence-corrected chi connectivity index (χ2v) is 13.2. The Morgan fingerprint density at radius 1 is 1.00 bits per heavy atom. The van der Waals surface area contributed by atoms with Crippen molar-refractivity contribution >= 4 is 39.3 Å². The highest BCUT2D eigenvalue weighted by Crippen LogP contribution is 2.34. The van der Waals surface area contributed by atoms with Gasteiger partial charge in [0.05, 0.1) is 10.9 Å². The molecule has 0 aliphatic carbocycles. The van der Waals surface area contributed by atoms with Crippen LogP contribution in [0, 0.1) is 11.7 Å². The maximum Gasteiger partial charge on any atom is 0.415 e. The average Bonchev–Trinajstić information content (AvgIpc) is 3.43. The van der Waals surface area contributed by atoms with Crippen LogP contribution >= 0.6 is 11.6 Å². The van der Waals surface area contributed by atoms with Gasteiger partial charge < -0.3 is 19.4 Å². The number of carbonyl (C=O) groups is 2. The maximum absolute atomic E-state index is 13.7. The highest BCUT2D eigenvalue weighted by Gasteiger charge is 2.42. The molecule has 12 heteroatoms. The molecule has 2 aliphatic rings. The minimum atomic E-state index is -3.32. The maximum atomic E-state index is 13.7. The molecule has 0 unspecified atom stereocenters. The van der Waals surface area contributed by atoms with E-state index >= 15 is 0 Å². The molecule has 2 aromatic carbocycles. The van der Waals surface area contributed by atoms with E-state index in [0.29, 0.717) is 49.9 Å². The summed E-state index contributed by atoms with van der Waals surface area (Å²) in [4.78, 5) is 36.7. The Kier molecular flexibility index (Phi) is 8.70. The number of aromatic nitrogens is 1. The van der Waals surface area contributed by atoms with Crippen molar-refractivity contribution in [3.05, 3.63) is 83.3 Å². The van der Waals surface area contributed by atoms with Crippen molar-refractivity contribution < 1.29 is 27.1 Å². The molecule has 2 aliphatic heterocycles. The molecule has 222 valence electrons. The lowest BCUT2D eigenvalue weighted by atomic mass is 9.93. The van der Waals surface area contributed by atoms with Gasteiger partial charge in [-0.15, -0.1) is 0 Å². The Bertz CT molecular complexity index is 1530. The van der Waals surface area contributed by atoms with Gasteiger partial charge in [0.1, 0.15) is 17.4 Å². The molecule has 9 nitrogen and oxygen atoms in total. The molecule has 2 amide bonds. The number of rotatable bonds is 6. The fraction of sp³-hybridized carbons (Fsp3) is 0.367. The number of likely N-dealkylation sites (N-methyl/N-ethyl adjacent to an activating group) is 1. The van der Waals surface area contributed by atoms with Crippen LogP contribution in [0.2, 0.25) is 5.02 Å². The predicted octanol–water partition coefficient (Wildman–Crippen LogP) is 4.62. The molecule has 0 radical (unpaired) electrons. The standard InChI is InChI=1S/C30H32ClFN4O5S/c1-34(30(38)41-24-9-7-23(32)8-10-24)27-19-36(18-26(27)20-3-5-22(31)6-4-20)29(37)21-13-15-35(16-14-21)28-12-11-25(17-33-28)42(2,39)40/h3-12,17,21,26-27H,13-16,18-19H2,1-2H3/t26-,27+/m0/s1. The van der Waals surface area contributed by atoms with Crippen LogP contribution in [0.4, 0.5) is 15.0 Å². The Morgan fingerprint density at radius 3 is 2.26 bits per heavy atom. The number of carbonyl (C=O) groups excluding carboxylic acids is 2. The Morgan fingerprint density at radius 2 is 1.67 bits per heavy atom. The molecule has 0 spiro atoms. The van der Waals surface area contributed by atoms with E-state index in [0.717, 1.165) is 11.8 Å². The lowest BCUT2D eigenvalue weighted by Gasteiger charge is -2.34. The summed E-state index contributed by atoms with van der Waals surface area (Å²) in [6, 6.07) is 15.5. The van der Waals surface area contributed by atoms with E-state index in [1.165, 1.54) is 35.4 Å².